The van der Waals surface area contributed by atoms with Gasteiger partial charge >= 0.3 is 0 Å². The number of benzene rings is 1. The van der Waals surface area contributed by atoms with Gasteiger partial charge in [0.05, 0.1) is 5.69 Å². The van der Waals surface area contributed by atoms with Crippen molar-refractivity contribution < 1.29 is 0 Å². The lowest BCUT2D eigenvalue weighted by atomic mass is 9.48. The van der Waals surface area contributed by atoms with Gasteiger partial charge in [-0.05, 0) is 75.3 Å². The van der Waals surface area contributed by atoms with Crippen LogP contribution in [0.15, 0.2) is 35.1 Å². The van der Waals surface area contributed by atoms with Gasteiger partial charge in [-0.25, -0.2) is 4.68 Å². The van der Waals surface area contributed by atoms with Crippen molar-refractivity contribution in [3.63, 3.8) is 0 Å². The highest BCUT2D eigenvalue weighted by atomic mass is 16.1. The van der Waals surface area contributed by atoms with Crippen molar-refractivity contribution in [2.45, 2.75) is 50.9 Å². The fourth-order valence-electron chi connectivity index (χ4n) is 6.60. The second-order valence-corrected chi connectivity index (χ2v) is 8.63. The molecule has 0 amide bonds. The largest absolute Gasteiger partial charge is 0.285 e. The molecule has 1 aromatic carbocycles. The first kappa shape index (κ1) is 14.6. The Morgan fingerprint density at radius 1 is 0.958 bits per heavy atom. The summed E-state index contributed by atoms with van der Waals surface area (Å²) in [6.45, 7) is 2.15. The van der Waals surface area contributed by atoms with Crippen LogP contribution in [0.1, 0.15) is 49.8 Å². The molecule has 0 saturated heterocycles. The fraction of sp³-hybridized carbons (Fsp3) is 0.571. The van der Waals surface area contributed by atoms with Crippen molar-refractivity contribution >= 4 is 0 Å². The molecule has 0 atom stereocenters. The number of nitrogens with zero attached hydrogens (tertiary/aromatic N) is 2. The van der Waals surface area contributed by atoms with Crippen LogP contribution in [0.2, 0.25) is 0 Å². The first-order valence-corrected chi connectivity index (χ1v) is 9.42. The topological polar surface area (TPSA) is 26.9 Å². The van der Waals surface area contributed by atoms with E-state index in [1.165, 1.54) is 44.2 Å². The molecule has 24 heavy (non-hydrogen) atoms. The van der Waals surface area contributed by atoms with Crippen molar-refractivity contribution in [1.29, 1.82) is 0 Å². The smallest absolute Gasteiger partial charge is 0.275 e. The monoisotopic (exact) mass is 322 g/mol. The van der Waals surface area contributed by atoms with Crippen LogP contribution in [0.5, 0.6) is 0 Å². The van der Waals surface area contributed by atoms with Gasteiger partial charge in [0.1, 0.15) is 0 Å². The maximum Gasteiger partial charge on any atom is 0.275 e. The van der Waals surface area contributed by atoms with Crippen LogP contribution in [-0.2, 0) is 12.5 Å². The number of hydrogen-bond donors (Lipinski definition) is 0. The van der Waals surface area contributed by atoms with E-state index in [0.717, 1.165) is 29.0 Å². The van der Waals surface area contributed by atoms with Gasteiger partial charge in [-0.3, -0.25) is 9.48 Å². The zero-order valence-electron chi connectivity index (χ0n) is 14.7. The molecule has 2 aromatic rings. The summed E-state index contributed by atoms with van der Waals surface area (Å²) in [7, 11) is 2.04. The van der Waals surface area contributed by atoms with Crippen LogP contribution in [0.3, 0.4) is 0 Å². The van der Waals surface area contributed by atoms with Crippen LogP contribution >= 0.6 is 0 Å². The van der Waals surface area contributed by atoms with Crippen LogP contribution < -0.4 is 5.56 Å². The van der Waals surface area contributed by atoms with Gasteiger partial charge in [0.25, 0.3) is 5.56 Å². The minimum Gasteiger partial charge on any atom is -0.285 e. The van der Waals surface area contributed by atoms with Crippen LogP contribution in [-0.4, -0.2) is 9.36 Å². The maximum atomic E-state index is 13.5. The van der Waals surface area contributed by atoms with Gasteiger partial charge in [-0.15, -0.1) is 0 Å². The molecule has 3 nitrogen and oxygen atoms in total. The van der Waals surface area contributed by atoms with Crippen molar-refractivity contribution in [1.82, 2.24) is 9.36 Å². The molecule has 0 unspecified atom stereocenters. The molecule has 0 spiro atoms. The van der Waals surface area contributed by atoms with Crippen molar-refractivity contribution in [2.75, 3.05) is 0 Å². The maximum absolute atomic E-state index is 13.5. The molecule has 1 heterocycles. The van der Waals surface area contributed by atoms with Crippen molar-refractivity contribution in [3.05, 3.63) is 51.9 Å². The normalized spacial score (nSPS) is 34.0. The summed E-state index contributed by atoms with van der Waals surface area (Å²) in [6, 6.07) is 10.1. The Hall–Kier alpha value is -1.77. The summed E-state index contributed by atoms with van der Waals surface area (Å²) in [5.41, 5.74) is 3.67. The second-order valence-electron chi connectivity index (χ2n) is 8.63. The molecule has 4 aliphatic carbocycles. The van der Waals surface area contributed by atoms with Gasteiger partial charge in [0.2, 0.25) is 0 Å². The number of para-hydroxylation sites is 1. The zero-order valence-corrected chi connectivity index (χ0v) is 14.7. The summed E-state index contributed by atoms with van der Waals surface area (Å²) in [6.07, 6.45) is 7.98. The summed E-state index contributed by atoms with van der Waals surface area (Å²) >= 11 is 0. The highest BCUT2D eigenvalue weighted by molar-refractivity contribution is 5.37. The minimum atomic E-state index is 0.160. The second kappa shape index (κ2) is 4.87. The molecular formula is C21H26N2O. The summed E-state index contributed by atoms with van der Waals surface area (Å²) in [4.78, 5) is 13.5. The summed E-state index contributed by atoms with van der Waals surface area (Å²) in [5, 5.41) is 0. The minimum absolute atomic E-state index is 0.160. The lowest BCUT2D eigenvalue weighted by molar-refractivity contribution is -0.00598. The molecule has 0 radical (unpaired) electrons. The van der Waals surface area contributed by atoms with Gasteiger partial charge in [-0.2, -0.15) is 0 Å². The third kappa shape index (κ3) is 1.87. The quantitative estimate of drug-likeness (QED) is 0.822. The summed E-state index contributed by atoms with van der Waals surface area (Å²) < 4.78 is 3.95. The molecule has 4 bridgehead atoms. The molecule has 6 rings (SSSR count). The molecule has 4 saturated carbocycles. The van der Waals surface area contributed by atoms with Crippen molar-refractivity contribution in [3.8, 4) is 5.69 Å². The number of rotatable bonds is 2. The van der Waals surface area contributed by atoms with Gasteiger partial charge in [0, 0.05) is 23.7 Å². The van der Waals surface area contributed by atoms with Gasteiger partial charge < -0.3 is 0 Å². The van der Waals surface area contributed by atoms with E-state index in [1.807, 2.05) is 42.1 Å². The predicted molar refractivity (Wildman–Crippen MR) is 95.6 cm³/mol. The van der Waals surface area contributed by atoms with Crippen LogP contribution in [0.25, 0.3) is 5.69 Å². The summed E-state index contributed by atoms with van der Waals surface area (Å²) in [5.74, 6) is 2.58. The molecule has 4 fully saturated rings. The molecule has 0 aliphatic heterocycles. The Morgan fingerprint density at radius 2 is 1.50 bits per heavy atom. The third-order valence-corrected chi connectivity index (χ3v) is 7.12. The van der Waals surface area contributed by atoms with Crippen LogP contribution in [0, 0.1) is 24.7 Å². The number of aromatic nitrogens is 2. The van der Waals surface area contributed by atoms with Crippen molar-refractivity contribution in [2.24, 2.45) is 24.8 Å². The van der Waals surface area contributed by atoms with Gasteiger partial charge in [-0.1, -0.05) is 18.2 Å². The first-order valence-electron chi connectivity index (χ1n) is 9.42. The van der Waals surface area contributed by atoms with E-state index < -0.39 is 0 Å². The average molecular weight is 322 g/mol. The third-order valence-electron chi connectivity index (χ3n) is 7.12. The highest BCUT2D eigenvalue weighted by Gasteiger charge is 2.53. The molecule has 3 heteroatoms. The Morgan fingerprint density at radius 3 is 2.04 bits per heavy atom. The van der Waals surface area contributed by atoms with E-state index in [4.69, 9.17) is 0 Å². The molecular weight excluding hydrogens is 296 g/mol. The van der Waals surface area contributed by atoms with E-state index in [1.54, 1.807) is 0 Å². The van der Waals surface area contributed by atoms with Gasteiger partial charge in [0.15, 0.2) is 0 Å². The lowest BCUT2D eigenvalue weighted by Gasteiger charge is -2.56. The Bertz CT molecular complexity index is 807. The zero-order chi connectivity index (χ0) is 16.5. The predicted octanol–water partition coefficient (Wildman–Crippen LogP) is 3.95. The molecule has 4 aliphatic rings. The standard InChI is InChI=1S/C21H26N2O/c1-14-19(20(24)23(22(14)2)18-6-4-3-5-7-18)21-11-15-8-16(12-21)10-17(9-15)13-21/h3-7,15-17H,8-13H2,1-2H3. The Balaban J connectivity index is 1.69. The highest BCUT2D eigenvalue weighted by Crippen LogP contribution is 2.60. The molecule has 1 aromatic heterocycles. The Labute approximate surface area is 143 Å². The number of hydrogen-bond acceptors (Lipinski definition) is 1. The first-order chi connectivity index (χ1) is 11.6. The van der Waals surface area contributed by atoms with E-state index in [9.17, 15) is 4.79 Å². The van der Waals surface area contributed by atoms with E-state index in [0.29, 0.717) is 0 Å². The van der Waals surface area contributed by atoms with E-state index >= 15 is 0 Å². The SMILES string of the molecule is Cc1c(C23CC4CC(CC(C4)C2)C3)c(=O)n(-c2ccccc2)n1C. The Kier molecular flexibility index (Phi) is 2.96. The lowest BCUT2D eigenvalue weighted by Crippen LogP contribution is -2.50. The van der Waals surface area contributed by atoms with E-state index in [2.05, 4.69) is 11.6 Å². The fourth-order valence-corrected chi connectivity index (χ4v) is 6.60. The van der Waals surface area contributed by atoms with Crippen LogP contribution in [0.4, 0.5) is 0 Å². The molecule has 0 N–H and O–H groups in total. The molecule has 126 valence electrons. The van der Waals surface area contributed by atoms with E-state index in [-0.39, 0.29) is 11.0 Å². The average Bonchev–Trinajstić information content (AvgIpc) is 2.77.